The van der Waals surface area contributed by atoms with Crippen molar-refractivity contribution >= 4 is 52.2 Å². The molecule has 0 aromatic heterocycles. The van der Waals surface area contributed by atoms with Gasteiger partial charge in [-0.15, -0.1) is 23.2 Å². The maximum absolute atomic E-state index is 14.1. The molecule has 1 fully saturated rings. The summed E-state index contributed by atoms with van der Waals surface area (Å²) in [5, 5.41) is 2.37. The van der Waals surface area contributed by atoms with E-state index < -0.39 is 64.3 Å². The van der Waals surface area contributed by atoms with E-state index in [9.17, 15) is 31.5 Å². The molecule has 1 N–H and O–H groups in total. The second-order valence-corrected chi connectivity index (χ2v) is 9.22. The van der Waals surface area contributed by atoms with Gasteiger partial charge < -0.3 is 10.1 Å². The van der Waals surface area contributed by atoms with Gasteiger partial charge in [0, 0.05) is 23.6 Å². The molecule has 0 heterocycles. The number of methoxy groups -OCH3 is 1. The summed E-state index contributed by atoms with van der Waals surface area (Å²) in [5.74, 6) is -6.23. The van der Waals surface area contributed by atoms with Crippen LogP contribution in [0.2, 0.25) is 5.02 Å². The highest BCUT2D eigenvalue weighted by Crippen LogP contribution is 2.65. The number of rotatable bonds is 7. The number of alkyl halides is 5. The van der Waals surface area contributed by atoms with E-state index in [-0.39, 0.29) is 21.8 Å². The number of hydrogen-bond donors (Lipinski definition) is 1. The minimum Gasteiger partial charge on any atom is -0.491 e. The van der Waals surface area contributed by atoms with E-state index >= 15 is 0 Å². The molecule has 1 aliphatic carbocycles. The summed E-state index contributed by atoms with van der Waals surface area (Å²) in [7, 11) is 1.09. The van der Waals surface area contributed by atoms with Crippen LogP contribution in [0.3, 0.4) is 0 Å². The van der Waals surface area contributed by atoms with Crippen molar-refractivity contribution in [1.82, 2.24) is 0 Å². The minimum atomic E-state index is -4.51. The predicted octanol–water partition coefficient (Wildman–Crippen LogP) is 6.68. The number of carbonyl (C=O) groups is 2. The zero-order valence-electron chi connectivity index (χ0n) is 16.7. The lowest BCUT2D eigenvalue weighted by molar-refractivity contribution is -0.133. The van der Waals surface area contributed by atoms with E-state index in [0.29, 0.717) is 0 Å². The summed E-state index contributed by atoms with van der Waals surface area (Å²) >= 11 is 18.3. The van der Waals surface area contributed by atoms with Crippen LogP contribution in [0.5, 0.6) is 5.75 Å². The fourth-order valence-corrected chi connectivity index (χ4v) is 4.50. The Morgan fingerprint density at radius 3 is 2.27 bits per heavy atom. The molecule has 1 amide bonds. The molecule has 0 aliphatic heterocycles. The number of ketones is 1. The second kappa shape index (κ2) is 9.27. The van der Waals surface area contributed by atoms with Gasteiger partial charge in [-0.1, -0.05) is 11.6 Å². The second-order valence-electron chi connectivity index (χ2n) is 7.37. The molecular formula is C21H15Cl3F5NO3. The summed E-state index contributed by atoms with van der Waals surface area (Å²) in [6.45, 7) is 0. The summed E-state index contributed by atoms with van der Waals surface area (Å²) in [5.41, 5.74) is -0.106. The first-order chi connectivity index (χ1) is 15.3. The van der Waals surface area contributed by atoms with Crippen molar-refractivity contribution in [3.05, 3.63) is 58.1 Å². The molecule has 0 spiro atoms. The number of ether oxygens (including phenoxy) is 1. The summed E-state index contributed by atoms with van der Waals surface area (Å²) in [6, 6.07) is 5.62. The third-order valence-corrected chi connectivity index (χ3v) is 6.36. The number of anilines is 1. The summed E-state index contributed by atoms with van der Waals surface area (Å²) in [4.78, 5) is 24.9. The van der Waals surface area contributed by atoms with E-state index in [0.717, 1.165) is 25.3 Å². The SMILES string of the molecule is COc1c(F)cc(C2C(C(=O)Nc3ccc(Cl)c(C(=O)CCC(F)(F)F)c3)C2(Cl)Cl)cc1F. The average molecular weight is 531 g/mol. The van der Waals surface area contributed by atoms with Crippen LogP contribution in [-0.4, -0.2) is 29.3 Å². The van der Waals surface area contributed by atoms with E-state index in [1.807, 2.05) is 0 Å². The molecule has 0 saturated heterocycles. The van der Waals surface area contributed by atoms with E-state index in [4.69, 9.17) is 34.8 Å². The molecule has 1 aliphatic rings. The first kappa shape index (κ1) is 25.5. The van der Waals surface area contributed by atoms with Gasteiger partial charge in [-0.05, 0) is 35.9 Å². The van der Waals surface area contributed by atoms with Crippen molar-refractivity contribution in [2.24, 2.45) is 5.92 Å². The third kappa shape index (κ3) is 5.53. The van der Waals surface area contributed by atoms with Crippen LogP contribution >= 0.6 is 34.8 Å². The van der Waals surface area contributed by atoms with Crippen molar-refractivity contribution < 1.29 is 36.3 Å². The Morgan fingerprint density at radius 1 is 1.12 bits per heavy atom. The monoisotopic (exact) mass is 529 g/mol. The Hall–Kier alpha value is -2.10. The largest absolute Gasteiger partial charge is 0.491 e. The van der Waals surface area contributed by atoms with Crippen LogP contribution in [0.4, 0.5) is 27.6 Å². The lowest BCUT2D eigenvalue weighted by atomic mass is 10.1. The lowest BCUT2D eigenvalue weighted by Crippen LogP contribution is -2.17. The first-order valence-corrected chi connectivity index (χ1v) is 10.5. The van der Waals surface area contributed by atoms with Crippen molar-refractivity contribution in [2.75, 3.05) is 12.4 Å². The number of Topliss-reactive ketones (excluding diaryl/α,β-unsaturated/α-hetero) is 1. The number of halogens is 8. The molecule has 2 aromatic carbocycles. The van der Waals surface area contributed by atoms with Gasteiger partial charge in [0.15, 0.2) is 23.2 Å². The number of hydrogen-bond acceptors (Lipinski definition) is 3. The normalized spacial score (nSPS) is 19.2. The van der Waals surface area contributed by atoms with E-state index in [1.165, 1.54) is 12.1 Å². The third-order valence-electron chi connectivity index (χ3n) is 5.09. The number of carbonyl (C=O) groups excluding carboxylic acids is 2. The maximum atomic E-state index is 14.1. The Labute approximate surface area is 199 Å². The molecule has 2 atom stereocenters. The molecule has 3 rings (SSSR count). The van der Waals surface area contributed by atoms with Crippen LogP contribution in [0, 0.1) is 17.6 Å². The quantitative estimate of drug-likeness (QED) is 0.247. The molecule has 33 heavy (non-hydrogen) atoms. The van der Waals surface area contributed by atoms with Gasteiger partial charge in [0.05, 0.1) is 24.5 Å². The summed E-state index contributed by atoms with van der Waals surface area (Å²) in [6.07, 6.45) is -6.65. The zero-order valence-corrected chi connectivity index (χ0v) is 19.0. The van der Waals surface area contributed by atoms with Crippen molar-refractivity contribution in [1.29, 1.82) is 0 Å². The van der Waals surface area contributed by atoms with Gasteiger partial charge in [0.25, 0.3) is 0 Å². The fourth-order valence-electron chi connectivity index (χ4n) is 3.45. The summed E-state index contributed by atoms with van der Waals surface area (Å²) < 4.78 is 68.3. The predicted molar refractivity (Wildman–Crippen MR) is 113 cm³/mol. The molecule has 1 saturated carbocycles. The van der Waals surface area contributed by atoms with Gasteiger partial charge in [-0.3, -0.25) is 9.59 Å². The molecule has 4 nitrogen and oxygen atoms in total. The van der Waals surface area contributed by atoms with Gasteiger partial charge >= 0.3 is 6.18 Å². The van der Waals surface area contributed by atoms with Gasteiger partial charge in [-0.25, -0.2) is 8.78 Å². The van der Waals surface area contributed by atoms with Crippen molar-refractivity contribution in [3.8, 4) is 5.75 Å². The molecule has 0 bridgehead atoms. The minimum absolute atomic E-state index is 0.0371. The fraction of sp³-hybridized carbons (Fsp3) is 0.333. The maximum Gasteiger partial charge on any atom is 0.389 e. The van der Waals surface area contributed by atoms with Crippen LogP contribution in [-0.2, 0) is 4.79 Å². The number of amides is 1. The highest BCUT2D eigenvalue weighted by molar-refractivity contribution is 6.53. The average Bonchev–Trinajstić information content (AvgIpc) is 3.29. The van der Waals surface area contributed by atoms with Crippen LogP contribution in [0.25, 0.3) is 0 Å². The molecule has 2 aromatic rings. The molecule has 0 radical (unpaired) electrons. The molecule has 12 heteroatoms. The lowest BCUT2D eigenvalue weighted by Gasteiger charge is -2.10. The van der Waals surface area contributed by atoms with Crippen LogP contribution in [0.15, 0.2) is 30.3 Å². The van der Waals surface area contributed by atoms with Crippen LogP contribution < -0.4 is 10.1 Å². The molecular weight excluding hydrogens is 516 g/mol. The Balaban J connectivity index is 1.77. The van der Waals surface area contributed by atoms with Gasteiger partial charge in [-0.2, -0.15) is 13.2 Å². The van der Waals surface area contributed by atoms with E-state index in [2.05, 4.69) is 10.1 Å². The topological polar surface area (TPSA) is 55.4 Å². The number of benzene rings is 2. The first-order valence-electron chi connectivity index (χ1n) is 9.37. The highest BCUT2D eigenvalue weighted by Gasteiger charge is 2.67. The molecule has 2 unspecified atom stereocenters. The van der Waals surface area contributed by atoms with Gasteiger partial charge in [0.2, 0.25) is 5.91 Å². The van der Waals surface area contributed by atoms with Crippen molar-refractivity contribution in [2.45, 2.75) is 29.3 Å². The zero-order chi connectivity index (χ0) is 24.7. The Morgan fingerprint density at radius 2 is 1.73 bits per heavy atom. The van der Waals surface area contributed by atoms with E-state index in [1.54, 1.807) is 0 Å². The van der Waals surface area contributed by atoms with Crippen LogP contribution in [0.1, 0.15) is 34.7 Å². The standard InChI is InChI=1S/C21H15Cl3F5NO3/c1-33-18-13(25)6-9(7-14(18)26)16-17(21(16,23)24)19(32)30-10-2-3-12(22)11(8-10)15(31)4-5-20(27,28)29/h2-3,6-8,16-17H,4-5H2,1H3,(H,30,32). The van der Waals surface area contributed by atoms with Gasteiger partial charge in [0.1, 0.15) is 4.33 Å². The Bertz CT molecular complexity index is 1080. The number of nitrogens with one attached hydrogen (secondary N) is 1. The molecule has 178 valence electrons. The smallest absolute Gasteiger partial charge is 0.389 e. The highest BCUT2D eigenvalue weighted by atomic mass is 35.5. The Kier molecular flexibility index (Phi) is 7.17. The van der Waals surface area contributed by atoms with Crippen molar-refractivity contribution in [3.63, 3.8) is 0 Å².